The van der Waals surface area contributed by atoms with Crippen LogP contribution < -0.4 is 21.9 Å². The van der Waals surface area contributed by atoms with Gasteiger partial charge in [0.1, 0.15) is 79.5 Å². The molecule has 3 saturated heterocycles. The molecule has 0 spiro atoms. The maximum atomic E-state index is 12.4. The van der Waals surface area contributed by atoms with Crippen LogP contribution in [0.3, 0.4) is 0 Å². The van der Waals surface area contributed by atoms with Crippen molar-refractivity contribution >= 4 is 18.1 Å². The number of nitrogens with two attached hydrogens (primary N) is 1. The van der Waals surface area contributed by atoms with Crippen LogP contribution in [0.1, 0.15) is 44.9 Å². The molecular weight excluding hydrogens is 744 g/mol. The van der Waals surface area contributed by atoms with E-state index in [1.54, 1.807) is 0 Å². The molecule has 3 fully saturated rings. The normalized spacial score (nSPS) is 37.3. The molecular formula is C32H58N4O19. The van der Waals surface area contributed by atoms with E-state index in [0.29, 0.717) is 32.1 Å². The van der Waals surface area contributed by atoms with Gasteiger partial charge in [0.2, 0.25) is 11.8 Å². The van der Waals surface area contributed by atoms with Crippen molar-refractivity contribution in [1.82, 2.24) is 16.2 Å². The Labute approximate surface area is 316 Å². The monoisotopic (exact) mass is 802 g/mol. The first-order valence-electron chi connectivity index (χ1n) is 18.3. The van der Waals surface area contributed by atoms with E-state index in [1.807, 2.05) is 0 Å². The summed E-state index contributed by atoms with van der Waals surface area (Å²) >= 11 is 0. The minimum Gasteiger partial charge on any atom is -0.394 e. The summed E-state index contributed by atoms with van der Waals surface area (Å²) in [6, 6.07) is -0.537. The number of ether oxygens (including phenoxy) is 6. The number of hydrazine groups is 1. The molecule has 0 radical (unpaired) electrons. The minimum absolute atomic E-state index is 0.0673. The maximum Gasteiger partial charge on any atom is 0.234 e. The van der Waals surface area contributed by atoms with Crippen LogP contribution in [0.2, 0.25) is 0 Å². The second-order valence-electron chi connectivity index (χ2n) is 13.5. The Bertz CT molecular complexity index is 1140. The molecule has 0 aromatic rings. The first-order valence-corrected chi connectivity index (χ1v) is 18.3. The lowest BCUT2D eigenvalue weighted by molar-refractivity contribution is -0.387. The highest BCUT2D eigenvalue weighted by Gasteiger charge is 2.54. The van der Waals surface area contributed by atoms with E-state index in [0.717, 1.165) is 12.8 Å². The summed E-state index contributed by atoms with van der Waals surface area (Å²) in [6.07, 6.45) is -22.2. The molecule has 2 amide bonds. The zero-order chi connectivity index (χ0) is 40.7. The number of nitrogens with one attached hydrogen (secondary N) is 3. The summed E-state index contributed by atoms with van der Waals surface area (Å²) in [7, 11) is 0. The number of rotatable bonds is 23. The number of aliphatic hydroxyl groups excluding tert-OH is 10. The van der Waals surface area contributed by atoms with Crippen molar-refractivity contribution < 1.29 is 93.9 Å². The van der Waals surface area contributed by atoms with Crippen molar-refractivity contribution in [2.24, 2.45) is 5.73 Å². The first-order chi connectivity index (χ1) is 26.3. The highest BCUT2D eigenvalue weighted by atomic mass is 16.8. The number of aliphatic hydroxyl groups is 10. The number of amides is 2. The molecule has 0 bridgehead atoms. The van der Waals surface area contributed by atoms with Gasteiger partial charge < -0.3 is 95.3 Å². The van der Waals surface area contributed by atoms with Gasteiger partial charge >= 0.3 is 0 Å². The summed E-state index contributed by atoms with van der Waals surface area (Å²) in [5.74, 6) is -0.723. The fraction of sp³-hybridized carbons (Fsp3) is 0.906. The number of carbonyl (C=O) groups excluding carboxylic acids is 3. The molecule has 0 aromatic carbocycles. The maximum absolute atomic E-state index is 12.4. The van der Waals surface area contributed by atoms with Gasteiger partial charge in [-0.2, -0.15) is 0 Å². The number of carbonyl (C=O) groups is 3. The quantitative estimate of drug-likeness (QED) is 0.0259. The van der Waals surface area contributed by atoms with Gasteiger partial charge in [-0.25, -0.2) is 5.43 Å². The first kappa shape index (κ1) is 47.3. The SMILES string of the molecule is NCCCC[C@@H](C=O)NNC(=O)CCCCC(=O)NCCO[C@H]1O[C@H](CO)[C@@H](O[C@H]2O[C@H](CO)[C@@H](O)[C@H](O)[C@@H]2O)[C@H](O[C@H]2O[C@H](CO)[C@@H](O)[C@H](O)[C@@H]2O)[C@@H]1O. The molecule has 320 valence electrons. The summed E-state index contributed by atoms with van der Waals surface area (Å²) in [5, 5.41) is 106. The summed E-state index contributed by atoms with van der Waals surface area (Å²) in [4.78, 5) is 35.6. The molecule has 55 heavy (non-hydrogen) atoms. The van der Waals surface area contributed by atoms with Gasteiger partial charge in [0.25, 0.3) is 0 Å². The van der Waals surface area contributed by atoms with Crippen LogP contribution >= 0.6 is 0 Å². The Hall–Kier alpha value is -2.11. The van der Waals surface area contributed by atoms with Crippen LogP contribution in [-0.2, 0) is 42.8 Å². The molecule has 23 nitrogen and oxygen atoms in total. The Balaban J connectivity index is 1.57. The molecule has 0 unspecified atom stereocenters. The fourth-order valence-electron chi connectivity index (χ4n) is 6.11. The third-order valence-corrected chi connectivity index (χ3v) is 9.37. The molecule has 0 aliphatic carbocycles. The van der Waals surface area contributed by atoms with E-state index in [9.17, 15) is 65.4 Å². The lowest BCUT2D eigenvalue weighted by Crippen LogP contribution is -2.67. The van der Waals surface area contributed by atoms with Crippen LogP contribution in [0.15, 0.2) is 0 Å². The standard InChI is InChI=1S/C32H58N4O19/c33-8-4-3-5-15(11-37)35-36-20(42)7-2-1-6-19(41)34-9-10-50-30-27(49)29(55-32-26(48)24(46)22(44)17(13-39)52-32)28(18(14-40)53-30)54-31-25(47)23(45)21(43)16(12-38)51-31/h11,15-18,21-32,35,38-40,43-49H,1-10,12-14,33H2,(H,34,41)(H,36,42)/t15-,16+,17+,18+,21+,22+,23-,24-,25-,26-,27-,28+,29+,30-,31+,32+/m0/s1. The molecule has 3 heterocycles. The molecule has 16 atom stereocenters. The molecule has 15 N–H and O–H groups in total. The number of hydrogen-bond acceptors (Lipinski definition) is 21. The summed E-state index contributed by atoms with van der Waals surface area (Å²) < 4.78 is 33.7. The summed E-state index contributed by atoms with van der Waals surface area (Å²) in [5.41, 5.74) is 10.6. The third-order valence-electron chi connectivity index (χ3n) is 9.37. The van der Waals surface area contributed by atoms with E-state index in [1.165, 1.54) is 0 Å². The van der Waals surface area contributed by atoms with Gasteiger partial charge in [-0.3, -0.25) is 15.0 Å². The number of unbranched alkanes of at least 4 members (excludes halogenated alkanes) is 2. The van der Waals surface area contributed by atoms with Gasteiger partial charge in [-0.1, -0.05) is 6.42 Å². The predicted octanol–water partition coefficient (Wildman–Crippen LogP) is -7.55. The van der Waals surface area contributed by atoms with Gasteiger partial charge in [0, 0.05) is 19.4 Å². The topological polar surface area (TPSA) is 371 Å². The van der Waals surface area contributed by atoms with Crippen LogP contribution in [0.4, 0.5) is 0 Å². The third kappa shape index (κ3) is 13.5. The Morgan fingerprint density at radius 2 is 1.18 bits per heavy atom. The van der Waals surface area contributed by atoms with Crippen LogP contribution in [-0.4, -0.2) is 207 Å². The lowest BCUT2D eigenvalue weighted by Gasteiger charge is -2.49. The van der Waals surface area contributed by atoms with E-state index in [4.69, 9.17) is 34.2 Å². The van der Waals surface area contributed by atoms with Gasteiger partial charge in [0.15, 0.2) is 18.9 Å². The Kier molecular flexibility index (Phi) is 20.6. The van der Waals surface area contributed by atoms with Crippen LogP contribution in [0.5, 0.6) is 0 Å². The predicted molar refractivity (Wildman–Crippen MR) is 180 cm³/mol. The highest BCUT2D eigenvalue weighted by molar-refractivity contribution is 5.77. The molecule has 0 aromatic heterocycles. The second-order valence-corrected chi connectivity index (χ2v) is 13.5. The van der Waals surface area contributed by atoms with Gasteiger partial charge in [-0.05, 0) is 32.2 Å². The van der Waals surface area contributed by atoms with E-state index in [-0.39, 0.29) is 37.8 Å². The van der Waals surface area contributed by atoms with Crippen LogP contribution in [0.25, 0.3) is 0 Å². The van der Waals surface area contributed by atoms with E-state index in [2.05, 4.69) is 16.2 Å². The van der Waals surface area contributed by atoms with Crippen molar-refractivity contribution in [3.63, 3.8) is 0 Å². The number of hydrogen-bond donors (Lipinski definition) is 14. The van der Waals surface area contributed by atoms with Crippen molar-refractivity contribution in [2.75, 3.05) is 39.5 Å². The van der Waals surface area contributed by atoms with Crippen LogP contribution in [0, 0.1) is 0 Å². The lowest BCUT2D eigenvalue weighted by atomic mass is 9.96. The van der Waals surface area contributed by atoms with E-state index >= 15 is 0 Å². The van der Waals surface area contributed by atoms with E-state index < -0.39 is 118 Å². The molecule has 3 rings (SSSR count). The smallest absolute Gasteiger partial charge is 0.234 e. The molecule has 3 aliphatic heterocycles. The largest absolute Gasteiger partial charge is 0.394 e. The van der Waals surface area contributed by atoms with Crippen molar-refractivity contribution in [3.8, 4) is 0 Å². The second kappa shape index (κ2) is 24.0. The highest BCUT2D eigenvalue weighted by Crippen LogP contribution is 2.33. The number of aldehydes is 1. The zero-order valence-corrected chi connectivity index (χ0v) is 30.2. The van der Waals surface area contributed by atoms with Gasteiger partial charge in [0.05, 0.1) is 32.5 Å². The summed E-state index contributed by atoms with van der Waals surface area (Å²) in [6.45, 7) is -2.29. The fourth-order valence-corrected chi connectivity index (χ4v) is 6.11. The van der Waals surface area contributed by atoms with Gasteiger partial charge in [-0.15, -0.1) is 0 Å². The minimum atomic E-state index is -1.94. The Morgan fingerprint density at radius 3 is 1.71 bits per heavy atom. The molecule has 3 aliphatic rings. The zero-order valence-electron chi connectivity index (χ0n) is 30.2. The molecule has 0 saturated carbocycles. The average molecular weight is 803 g/mol. The Morgan fingerprint density at radius 1 is 0.655 bits per heavy atom. The average Bonchev–Trinajstić information content (AvgIpc) is 3.18. The van der Waals surface area contributed by atoms with Crippen molar-refractivity contribution in [3.05, 3.63) is 0 Å². The van der Waals surface area contributed by atoms with Crippen molar-refractivity contribution in [2.45, 2.75) is 143 Å². The van der Waals surface area contributed by atoms with Crippen molar-refractivity contribution in [1.29, 1.82) is 0 Å². The molecule has 23 heteroatoms.